The fourth-order valence-electron chi connectivity index (χ4n) is 1.67. The Kier molecular flexibility index (Phi) is 2.71. The van der Waals surface area contributed by atoms with Gasteiger partial charge >= 0.3 is 0 Å². The minimum absolute atomic E-state index is 0.820. The van der Waals surface area contributed by atoms with Gasteiger partial charge < -0.3 is 5.32 Å². The Bertz CT molecular complexity index is 451. The van der Waals surface area contributed by atoms with E-state index < -0.39 is 0 Å². The topological polar surface area (TPSA) is 12.0 Å². The van der Waals surface area contributed by atoms with Crippen LogP contribution in [0, 0.1) is 0 Å². The molecule has 0 aliphatic carbocycles. The van der Waals surface area contributed by atoms with Crippen LogP contribution >= 0.6 is 11.6 Å². The molecule has 72 valence electrons. The van der Waals surface area contributed by atoms with Crippen molar-refractivity contribution in [2.45, 2.75) is 6.54 Å². The van der Waals surface area contributed by atoms with Crippen LogP contribution in [0.25, 0.3) is 10.8 Å². The van der Waals surface area contributed by atoms with Gasteiger partial charge in [0.05, 0.1) is 0 Å². The molecule has 0 fully saturated rings. The van der Waals surface area contributed by atoms with Gasteiger partial charge in [-0.25, -0.2) is 0 Å². The van der Waals surface area contributed by atoms with Crippen LogP contribution < -0.4 is 5.32 Å². The van der Waals surface area contributed by atoms with Crippen molar-refractivity contribution < 1.29 is 0 Å². The highest BCUT2D eigenvalue weighted by Gasteiger charge is 2.02. The monoisotopic (exact) mass is 205 g/mol. The van der Waals surface area contributed by atoms with Gasteiger partial charge in [-0.3, -0.25) is 0 Å². The maximum absolute atomic E-state index is 6.11. The first-order valence-electron chi connectivity index (χ1n) is 4.63. The first-order valence-corrected chi connectivity index (χ1v) is 5.01. The van der Waals surface area contributed by atoms with Crippen LogP contribution in [0.1, 0.15) is 5.56 Å². The molecule has 2 aromatic carbocycles. The highest BCUT2D eigenvalue weighted by atomic mass is 35.5. The van der Waals surface area contributed by atoms with E-state index in [0.717, 1.165) is 17.0 Å². The molecular formula is C12H12ClN. The van der Waals surface area contributed by atoms with E-state index in [1.54, 1.807) is 0 Å². The molecule has 0 bridgehead atoms. The average Bonchev–Trinajstić information content (AvgIpc) is 2.23. The first-order chi connectivity index (χ1) is 6.83. The highest BCUT2D eigenvalue weighted by molar-refractivity contribution is 6.35. The lowest BCUT2D eigenvalue weighted by Gasteiger charge is -2.06. The summed E-state index contributed by atoms with van der Waals surface area (Å²) in [5, 5.41) is 6.33. The molecule has 0 aromatic heterocycles. The molecule has 2 aromatic rings. The second-order valence-electron chi connectivity index (χ2n) is 3.28. The molecule has 0 saturated heterocycles. The molecule has 0 aliphatic rings. The van der Waals surface area contributed by atoms with Gasteiger partial charge in [-0.2, -0.15) is 0 Å². The summed E-state index contributed by atoms with van der Waals surface area (Å²) in [5.41, 5.74) is 1.28. The van der Waals surface area contributed by atoms with Crippen LogP contribution in [-0.4, -0.2) is 7.05 Å². The number of fused-ring (bicyclic) bond motifs is 1. The molecule has 2 rings (SSSR count). The zero-order valence-corrected chi connectivity index (χ0v) is 8.81. The third-order valence-electron chi connectivity index (χ3n) is 2.33. The summed E-state index contributed by atoms with van der Waals surface area (Å²) in [6.45, 7) is 0.873. The zero-order valence-electron chi connectivity index (χ0n) is 8.05. The molecule has 0 saturated carbocycles. The van der Waals surface area contributed by atoms with Gasteiger partial charge in [0.1, 0.15) is 0 Å². The summed E-state index contributed by atoms with van der Waals surface area (Å²) < 4.78 is 0. The minimum atomic E-state index is 0.820. The second-order valence-corrected chi connectivity index (χ2v) is 3.69. The first kappa shape index (κ1) is 9.50. The Morgan fingerprint density at radius 2 is 1.79 bits per heavy atom. The molecule has 2 heteroatoms. The molecule has 0 spiro atoms. The van der Waals surface area contributed by atoms with Crippen molar-refractivity contribution in [3.8, 4) is 0 Å². The predicted octanol–water partition coefficient (Wildman–Crippen LogP) is 3.21. The van der Waals surface area contributed by atoms with Crippen LogP contribution in [0.3, 0.4) is 0 Å². The zero-order chi connectivity index (χ0) is 9.97. The summed E-state index contributed by atoms with van der Waals surface area (Å²) in [7, 11) is 1.95. The third kappa shape index (κ3) is 1.61. The largest absolute Gasteiger partial charge is 0.316 e. The van der Waals surface area contributed by atoms with E-state index in [2.05, 4.69) is 23.5 Å². The number of halogens is 1. The van der Waals surface area contributed by atoms with Gasteiger partial charge in [-0.1, -0.05) is 41.9 Å². The molecule has 0 unspecified atom stereocenters. The molecule has 0 atom stereocenters. The van der Waals surface area contributed by atoms with Crippen molar-refractivity contribution in [3.63, 3.8) is 0 Å². The lowest BCUT2D eigenvalue weighted by molar-refractivity contribution is 0.824. The second kappa shape index (κ2) is 3.99. The van der Waals surface area contributed by atoms with Gasteiger partial charge in [-0.15, -0.1) is 0 Å². The lowest BCUT2D eigenvalue weighted by Crippen LogP contribution is -2.05. The molecule has 0 amide bonds. The van der Waals surface area contributed by atoms with Gasteiger partial charge in [0.15, 0.2) is 0 Å². The van der Waals surface area contributed by atoms with E-state index in [4.69, 9.17) is 11.6 Å². The molecule has 0 heterocycles. The Morgan fingerprint density at radius 1 is 1.07 bits per heavy atom. The lowest BCUT2D eigenvalue weighted by atomic mass is 10.0. The van der Waals surface area contributed by atoms with Crippen molar-refractivity contribution in [1.29, 1.82) is 0 Å². The molecule has 1 N–H and O–H groups in total. The summed E-state index contributed by atoms with van der Waals surface area (Å²) >= 11 is 6.11. The quantitative estimate of drug-likeness (QED) is 0.794. The van der Waals surface area contributed by atoms with Gasteiger partial charge in [-0.05, 0) is 24.1 Å². The third-order valence-corrected chi connectivity index (χ3v) is 2.66. The van der Waals surface area contributed by atoms with Crippen molar-refractivity contribution in [3.05, 3.63) is 47.0 Å². The van der Waals surface area contributed by atoms with E-state index in [1.165, 1.54) is 10.9 Å². The van der Waals surface area contributed by atoms with Crippen LogP contribution in [0.2, 0.25) is 5.02 Å². The molecule has 0 radical (unpaired) electrons. The van der Waals surface area contributed by atoms with Crippen molar-refractivity contribution in [1.82, 2.24) is 5.32 Å². The Labute approximate surface area is 88.7 Å². The smallest absolute Gasteiger partial charge is 0.0484 e. The highest BCUT2D eigenvalue weighted by Crippen LogP contribution is 2.26. The maximum atomic E-state index is 6.11. The number of nitrogens with one attached hydrogen (secondary N) is 1. The van der Waals surface area contributed by atoms with Crippen LogP contribution in [0.4, 0.5) is 0 Å². The normalized spacial score (nSPS) is 10.7. The summed E-state index contributed by atoms with van der Waals surface area (Å²) in [4.78, 5) is 0. The number of hydrogen-bond donors (Lipinski definition) is 1. The van der Waals surface area contributed by atoms with Gasteiger partial charge in [0, 0.05) is 17.0 Å². The molecule has 14 heavy (non-hydrogen) atoms. The Hall–Kier alpha value is -1.05. The van der Waals surface area contributed by atoms with E-state index in [0.29, 0.717) is 0 Å². The maximum Gasteiger partial charge on any atom is 0.0484 e. The number of hydrogen-bond acceptors (Lipinski definition) is 1. The minimum Gasteiger partial charge on any atom is -0.316 e. The molecule has 0 aliphatic heterocycles. The Balaban J connectivity index is 2.68. The van der Waals surface area contributed by atoms with Crippen molar-refractivity contribution >= 4 is 22.4 Å². The van der Waals surface area contributed by atoms with E-state index in [1.807, 2.05) is 25.2 Å². The van der Waals surface area contributed by atoms with E-state index >= 15 is 0 Å². The van der Waals surface area contributed by atoms with Crippen LogP contribution in [0.15, 0.2) is 36.4 Å². The molecule has 1 nitrogen and oxygen atoms in total. The number of rotatable bonds is 2. The van der Waals surface area contributed by atoms with Crippen molar-refractivity contribution in [2.75, 3.05) is 7.05 Å². The predicted molar refractivity (Wildman–Crippen MR) is 61.7 cm³/mol. The van der Waals surface area contributed by atoms with Crippen LogP contribution in [0.5, 0.6) is 0 Å². The average molecular weight is 206 g/mol. The van der Waals surface area contributed by atoms with E-state index in [-0.39, 0.29) is 0 Å². The van der Waals surface area contributed by atoms with Crippen molar-refractivity contribution in [2.24, 2.45) is 0 Å². The Morgan fingerprint density at radius 3 is 2.50 bits per heavy atom. The van der Waals surface area contributed by atoms with E-state index in [9.17, 15) is 0 Å². The fraction of sp³-hybridized carbons (Fsp3) is 0.167. The summed E-state index contributed by atoms with van der Waals surface area (Å²) in [6.07, 6.45) is 0. The SMILES string of the molecule is CNCc1ccc(Cl)c2ccccc12. The van der Waals surface area contributed by atoms with Gasteiger partial charge in [0.25, 0.3) is 0 Å². The molecular weight excluding hydrogens is 194 g/mol. The summed E-state index contributed by atoms with van der Waals surface area (Å²) in [5.74, 6) is 0. The fourth-order valence-corrected chi connectivity index (χ4v) is 1.90. The number of benzene rings is 2. The summed E-state index contributed by atoms with van der Waals surface area (Å²) in [6, 6.07) is 12.2. The van der Waals surface area contributed by atoms with Crippen LogP contribution in [-0.2, 0) is 6.54 Å². The van der Waals surface area contributed by atoms with Gasteiger partial charge in [0.2, 0.25) is 0 Å². The standard InChI is InChI=1S/C12H12ClN/c1-14-8-9-6-7-12(13)11-5-3-2-4-10(9)11/h2-7,14H,8H2,1H3.